The molecule has 4 heteroatoms. The molecule has 4 saturated carbocycles. The van der Waals surface area contributed by atoms with Gasteiger partial charge in [0.25, 0.3) is 0 Å². The third-order valence-corrected chi connectivity index (χ3v) is 13.7. The van der Waals surface area contributed by atoms with Gasteiger partial charge in [-0.25, -0.2) is 0 Å². The van der Waals surface area contributed by atoms with E-state index in [4.69, 9.17) is 9.72 Å². The first-order valence-corrected chi connectivity index (χ1v) is 19.4. The van der Waals surface area contributed by atoms with Crippen molar-refractivity contribution in [3.05, 3.63) is 47.4 Å². The number of benzene rings is 1. The van der Waals surface area contributed by atoms with Crippen molar-refractivity contribution < 1.29 is 4.74 Å². The van der Waals surface area contributed by atoms with E-state index in [0.29, 0.717) is 5.41 Å². The topological polar surface area (TPSA) is 22.1 Å². The number of ether oxygens (including phenoxy) is 1. The number of pyridine rings is 1. The molecule has 2 nitrogen and oxygen atoms in total. The van der Waals surface area contributed by atoms with Gasteiger partial charge in [-0.1, -0.05) is 67.9 Å². The van der Waals surface area contributed by atoms with Crippen LogP contribution in [0.3, 0.4) is 0 Å². The summed E-state index contributed by atoms with van der Waals surface area (Å²) in [6.07, 6.45) is 10.8. The van der Waals surface area contributed by atoms with Crippen LogP contribution in [0.4, 0.5) is 0 Å². The number of hydrogen-bond donors (Lipinski definition) is 0. The average Bonchev–Trinajstić information content (AvgIpc) is 2.70. The Morgan fingerprint density at radius 3 is 2.22 bits per heavy atom. The predicted octanol–water partition coefficient (Wildman–Crippen LogP) is 6.73. The Balaban J connectivity index is 1.39. The summed E-state index contributed by atoms with van der Waals surface area (Å²) in [5.74, 6) is 2.98. The van der Waals surface area contributed by atoms with Gasteiger partial charge in [0.2, 0.25) is 0 Å². The summed E-state index contributed by atoms with van der Waals surface area (Å²) >= 11 is 0. The number of fused-ring (bicyclic) bond motifs is 1. The highest BCUT2D eigenvalue weighted by Gasteiger charge is 2.51. The van der Waals surface area contributed by atoms with Crippen LogP contribution in [0.1, 0.15) is 38.5 Å². The van der Waals surface area contributed by atoms with Crippen molar-refractivity contribution in [2.24, 2.45) is 23.2 Å². The second kappa shape index (κ2) is 8.21. The van der Waals surface area contributed by atoms with Crippen LogP contribution in [0, 0.1) is 23.2 Å². The minimum Gasteiger partial charge on any atom is -0.377 e. The normalized spacial score (nSPS) is 30.3. The van der Waals surface area contributed by atoms with E-state index in [0.717, 1.165) is 31.0 Å². The molecule has 1 aromatic heterocycles. The third kappa shape index (κ3) is 4.43. The van der Waals surface area contributed by atoms with Crippen LogP contribution < -0.4 is 5.19 Å². The Bertz CT molecular complexity index is 979. The SMILES string of the molecule is C[Si](C)(C)/C=C(\COCC12CC3CC(CC(C3)C1)C2)[Si](C)(C)c1cccc2cccnc12. The van der Waals surface area contributed by atoms with Crippen LogP contribution in [0.25, 0.3) is 10.9 Å². The van der Waals surface area contributed by atoms with Gasteiger partial charge in [0.1, 0.15) is 8.07 Å². The van der Waals surface area contributed by atoms with Crippen molar-refractivity contribution in [1.29, 1.82) is 0 Å². The molecule has 32 heavy (non-hydrogen) atoms. The molecule has 0 unspecified atom stereocenters. The van der Waals surface area contributed by atoms with Gasteiger partial charge in [-0.2, -0.15) is 0 Å². The predicted molar refractivity (Wildman–Crippen MR) is 142 cm³/mol. The molecule has 0 aliphatic heterocycles. The summed E-state index contributed by atoms with van der Waals surface area (Å²) < 4.78 is 6.71. The molecule has 2 aromatic rings. The standard InChI is InChI=1S/C28H41NOSi2/c1-31(2,3)19-25(32(4,5)26-10-6-8-24-9-7-11-29-27(24)26)18-30-20-28-15-21-12-22(16-28)14-23(13-21)17-28/h6-11,19,21-23H,12-18,20H2,1-5H3/b25-19+. The lowest BCUT2D eigenvalue weighted by Crippen LogP contribution is -2.49. The highest BCUT2D eigenvalue weighted by Crippen LogP contribution is 2.60. The Morgan fingerprint density at radius 2 is 1.59 bits per heavy atom. The second-order valence-electron chi connectivity index (χ2n) is 13.0. The molecule has 4 bridgehead atoms. The Labute approximate surface area is 196 Å². The summed E-state index contributed by atoms with van der Waals surface area (Å²) in [5, 5.41) is 4.30. The van der Waals surface area contributed by atoms with Crippen molar-refractivity contribution in [2.45, 2.75) is 71.3 Å². The second-order valence-corrected chi connectivity index (χ2v) is 22.4. The van der Waals surface area contributed by atoms with E-state index in [2.05, 4.69) is 62.7 Å². The highest BCUT2D eigenvalue weighted by molar-refractivity contribution is 6.98. The fraction of sp³-hybridized carbons (Fsp3) is 0.607. The molecule has 0 saturated heterocycles. The van der Waals surface area contributed by atoms with Gasteiger partial charge in [0.15, 0.2) is 0 Å². The number of rotatable bonds is 7. The van der Waals surface area contributed by atoms with Crippen molar-refractivity contribution in [3.63, 3.8) is 0 Å². The molecular formula is C28H41NOSi2. The van der Waals surface area contributed by atoms with E-state index in [9.17, 15) is 0 Å². The number of para-hydroxylation sites is 1. The van der Waals surface area contributed by atoms with Crippen molar-refractivity contribution in [2.75, 3.05) is 13.2 Å². The first kappa shape index (κ1) is 22.6. The third-order valence-electron chi connectivity index (χ3n) is 8.55. The molecule has 0 atom stereocenters. The maximum Gasteiger partial charge on any atom is 0.112 e. The van der Waals surface area contributed by atoms with Crippen LogP contribution in [0.2, 0.25) is 32.7 Å². The molecule has 4 fully saturated rings. The van der Waals surface area contributed by atoms with Gasteiger partial charge in [-0.05, 0) is 72.9 Å². The first-order valence-electron chi connectivity index (χ1n) is 12.8. The number of nitrogens with zero attached hydrogens (tertiary/aromatic N) is 1. The zero-order chi connectivity index (χ0) is 22.6. The molecule has 0 amide bonds. The molecular weight excluding hydrogens is 422 g/mol. The van der Waals surface area contributed by atoms with Gasteiger partial charge in [0, 0.05) is 11.6 Å². The van der Waals surface area contributed by atoms with E-state index in [-0.39, 0.29) is 0 Å². The highest BCUT2D eigenvalue weighted by atomic mass is 28.3. The number of aromatic nitrogens is 1. The van der Waals surface area contributed by atoms with E-state index in [1.165, 1.54) is 54.6 Å². The number of hydrogen-bond acceptors (Lipinski definition) is 2. The molecule has 6 rings (SSSR count). The van der Waals surface area contributed by atoms with Crippen molar-refractivity contribution >= 4 is 32.2 Å². The summed E-state index contributed by atoms with van der Waals surface area (Å²) in [6.45, 7) is 14.2. The summed E-state index contributed by atoms with van der Waals surface area (Å²) in [7, 11) is -3.28. The first-order chi connectivity index (χ1) is 15.1. The molecule has 172 valence electrons. The average molecular weight is 464 g/mol. The van der Waals surface area contributed by atoms with Gasteiger partial charge in [-0.3, -0.25) is 4.98 Å². The molecule has 1 aromatic carbocycles. The Hall–Kier alpha value is -1.24. The van der Waals surface area contributed by atoms with Gasteiger partial charge in [0.05, 0.1) is 26.8 Å². The zero-order valence-corrected chi connectivity index (χ0v) is 22.8. The molecule has 0 N–H and O–H groups in total. The molecule has 0 spiro atoms. The molecule has 0 radical (unpaired) electrons. The van der Waals surface area contributed by atoms with E-state index in [1.54, 1.807) is 5.20 Å². The van der Waals surface area contributed by atoms with E-state index >= 15 is 0 Å². The van der Waals surface area contributed by atoms with Crippen LogP contribution >= 0.6 is 0 Å². The van der Waals surface area contributed by atoms with Gasteiger partial charge < -0.3 is 4.74 Å². The zero-order valence-electron chi connectivity index (χ0n) is 20.8. The van der Waals surface area contributed by atoms with E-state index in [1.807, 2.05) is 12.3 Å². The van der Waals surface area contributed by atoms with Crippen LogP contribution in [-0.2, 0) is 4.74 Å². The summed E-state index contributed by atoms with van der Waals surface area (Å²) in [5.41, 5.74) is 4.33. The minimum atomic E-state index is -1.90. The lowest BCUT2D eigenvalue weighted by atomic mass is 9.50. The smallest absolute Gasteiger partial charge is 0.112 e. The van der Waals surface area contributed by atoms with Crippen LogP contribution in [0.5, 0.6) is 0 Å². The molecule has 4 aliphatic rings. The Morgan fingerprint density at radius 1 is 0.969 bits per heavy atom. The van der Waals surface area contributed by atoms with Gasteiger partial charge >= 0.3 is 0 Å². The van der Waals surface area contributed by atoms with Crippen molar-refractivity contribution in [1.82, 2.24) is 4.98 Å². The Kier molecular flexibility index (Phi) is 5.79. The maximum atomic E-state index is 6.71. The van der Waals surface area contributed by atoms with Crippen LogP contribution in [-0.4, -0.2) is 34.3 Å². The lowest BCUT2D eigenvalue weighted by molar-refractivity contribution is -0.0931. The maximum absolute atomic E-state index is 6.71. The van der Waals surface area contributed by atoms with Crippen LogP contribution in [0.15, 0.2) is 47.4 Å². The van der Waals surface area contributed by atoms with Gasteiger partial charge in [-0.15, -0.1) is 0 Å². The summed E-state index contributed by atoms with van der Waals surface area (Å²) in [4.78, 5) is 4.81. The molecule has 1 heterocycles. The monoisotopic (exact) mass is 463 g/mol. The fourth-order valence-electron chi connectivity index (χ4n) is 7.55. The lowest BCUT2D eigenvalue weighted by Gasteiger charge is -2.56. The van der Waals surface area contributed by atoms with E-state index < -0.39 is 16.1 Å². The quantitative estimate of drug-likeness (QED) is 0.425. The minimum absolute atomic E-state index is 0.492. The van der Waals surface area contributed by atoms with Crippen molar-refractivity contribution in [3.8, 4) is 0 Å². The largest absolute Gasteiger partial charge is 0.377 e. The fourth-order valence-corrected chi connectivity index (χ4v) is 13.5. The summed E-state index contributed by atoms with van der Waals surface area (Å²) in [6, 6.07) is 11.0. The molecule has 4 aliphatic carbocycles.